The summed E-state index contributed by atoms with van der Waals surface area (Å²) in [6.45, 7) is 12.4. The van der Waals surface area contributed by atoms with Crippen molar-refractivity contribution in [2.24, 2.45) is 0 Å². The highest BCUT2D eigenvalue weighted by molar-refractivity contribution is 6.29. The van der Waals surface area contributed by atoms with Crippen molar-refractivity contribution in [3.8, 4) is 0 Å². The molecule has 12 nitrogen and oxygen atoms in total. The van der Waals surface area contributed by atoms with E-state index in [0.717, 1.165) is 53.2 Å². The number of morpholine rings is 1. The second kappa shape index (κ2) is 14.6. The largest absolute Gasteiger partial charge is 0.483 e. The maximum absolute atomic E-state index is 11.8. The van der Waals surface area contributed by atoms with Gasteiger partial charge in [0.1, 0.15) is 28.2 Å². The summed E-state index contributed by atoms with van der Waals surface area (Å²) < 4.78 is 17.1. The van der Waals surface area contributed by atoms with E-state index in [4.69, 9.17) is 40.4 Å². The van der Waals surface area contributed by atoms with Crippen molar-refractivity contribution in [2.75, 3.05) is 49.3 Å². The van der Waals surface area contributed by atoms with Gasteiger partial charge >= 0.3 is 0 Å². The van der Waals surface area contributed by atoms with Crippen LogP contribution in [0.3, 0.4) is 0 Å². The lowest BCUT2D eigenvalue weighted by Gasteiger charge is -2.53. The molecule has 43 heavy (non-hydrogen) atoms. The number of nitrogens with one attached hydrogen (secondary N) is 1. The summed E-state index contributed by atoms with van der Waals surface area (Å²) in [6.07, 6.45) is 3.30. The number of aromatic nitrogens is 4. The zero-order chi connectivity index (χ0) is 31.0. The fraction of sp³-hybridized carbons (Fsp3) is 0.500. The Morgan fingerprint density at radius 1 is 1.16 bits per heavy atom. The summed E-state index contributed by atoms with van der Waals surface area (Å²) in [5, 5.41) is 14.3. The number of carboxylic acid groups (broad SMARTS) is 1. The van der Waals surface area contributed by atoms with Crippen molar-refractivity contribution in [1.29, 1.82) is 0 Å². The number of nitrogens with zero attached hydrogens (tertiary/aromatic N) is 5. The van der Waals surface area contributed by atoms with E-state index >= 15 is 0 Å². The number of hydrogen-bond acceptors (Lipinski definition) is 10. The van der Waals surface area contributed by atoms with Crippen molar-refractivity contribution in [2.45, 2.75) is 58.6 Å². The summed E-state index contributed by atoms with van der Waals surface area (Å²) in [5.41, 5.74) is 2.70. The molecule has 1 aromatic carbocycles. The summed E-state index contributed by atoms with van der Waals surface area (Å²) in [7, 11) is 0. The van der Waals surface area contributed by atoms with Crippen LogP contribution in [-0.2, 0) is 20.7 Å². The molecule has 13 heteroatoms. The molecular weight excluding hydrogens is 576 g/mol. The first-order valence-corrected chi connectivity index (χ1v) is 15.0. The van der Waals surface area contributed by atoms with Gasteiger partial charge in [-0.2, -0.15) is 5.10 Å². The number of hydrogen-bond donors (Lipinski definition) is 2. The number of aromatic amines is 1. The van der Waals surface area contributed by atoms with Gasteiger partial charge in [0.05, 0.1) is 25.9 Å². The first-order chi connectivity index (χ1) is 20.9. The fourth-order valence-corrected chi connectivity index (χ4v) is 5.56. The van der Waals surface area contributed by atoms with Gasteiger partial charge in [0.25, 0.3) is 12.0 Å². The maximum atomic E-state index is 11.8. The molecule has 3 aromatic heterocycles. The zero-order valence-electron chi connectivity index (χ0n) is 25.0. The lowest BCUT2D eigenvalue weighted by atomic mass is 9.90. The highest BCUT2D eigenvalue weighted by Crippen LogP contribution is 2.35. The van der Waals surface area contributed by atoms with Crippen LogP contribution in [-0.4, -0.2) is 82.8 Å². The number of H-pyrrole nitrogens is 1. The molecule has 3 fully saturated rings. The molecule has 0 amide bonds. The summed E-state index contributed by atoms with van der Waals surface area (Å²) >= 11 is 5.84. The standard InChI is InChI=1S/C16H17N3O.C11H14ClN3O3.C2H6.CH2O2/c1-2-13-17-14-11-7-3-4-8-12(11)20-15(14)16(18-13)19-9-5-6-10-19;1-7-11(5-17-6-11)18-3-2-15(7)8-4-9(12)13-14-10(8)16;1-2;2-1-3/h3-4,7-8H,2,5-6,9-10H2,1H3;4,7H,2-3,5-6H2,1H3,(H,14,16);1-2H3;1H,(H,2,3). The monoisotopic (exact) mass is 614 g/mol. The number of halogens is 1. The number of para-hydroxylation sites is 1. The fourth-order valence-electron chi connectivity index (χ4n) is 5.41. The molecule has 4 aromatic rings. The number of ether oxygens (including phenoxy) is 2. The van der Waals surface area contributed by atoms with Gasteiger partial charge in [-0.05, 0) is 31.9 Å². The molecular formula is C30H39ClN6O6. The van der Waals surface area contributed by atoms with Crippen molar-refractivity contribution in [3.05, 3.63) is 51.7 Å². The smallest absolute Gasteiger partial charge is 0.290 e. The van der Waals surface area contributed by atoms with Crippen molar-refractivity contribution in [3.63, 3.8) is 0 Å². The zero-order valence-corrected chi connectivity index (χ0v) is 25.8. The van der Waals surface area contributed by atoms with E-state index in [1.54, 1.807) is 6.07 Å². The molecule has 0 saturated carbocycles. The summed E-state index contributed by atoms with van der Waals surface area (Å²) in [4.78, 5) is 33.9. The Hall–Kier alpha value is -3.74. The van der Waals surface area contributed by atoms with Gasteiger partial charge in [0.15, 0.2) is 16.6 Å². The molecule has 232 valence electrons. The molecule has 1 spiro atoms. The SMILES string of the molecule is CC.CC1N(c2cc(Cl)n[nH]c2=O)CCOC12COC2.CCc1nc(N2CCCC2)c2oc3ccccc3c2n1.O=CO. The number of carbonyl (C=O) groups is 1. The Morgan fingerprint density at radius 2 is 1.86 bits per heavy atom. The minimum Gasteiger partial charge on any atom is -0.483 e. The van der Waals surface area contributed by atoms with Gasteiger partial charge in [0.2, 0.25) is 0 Å². The average molecular weight is 615 g/mol. The van der Waals surface area contributed by atoms with Crippen LogP contribution >= 0.6 is 11.6 Å². The van der Waals surface area contributed by atoms with E-state index in [2.05, 4.69) is 33.1 Å². The third-order valence-corrected chi connectivity index (χ3v) is 7.87. The topological polar surface area (TPSA) is 147 Å². The van der Waals surface area contributed by atoms with Crippen LogP contribution in [0.1, 0.15) is 46.4 Å². The average Bonchev–Trinajstić information content (AvgIpc) is 3.68. The maximum Gasteiger partial charge on any atom is 0.290 e. The summed E-state index contributed by atoms with van der Waals surface area (Å²) in [5.74, 6) is 1.87. The Kier molecular flexibility index (Phi) is 10.9. The number of anilines is 2. The van der Waals surface area contributed by atoms with Gasteiger partial charge in [-0.1, -0.05) is 44.5 Å². The molecule has 3 aliphatic rings. The molecule has 6 heterocycles. The number of rotatable bonds is 3. The van der Waals surface area contributed by atoms with E-state index in [9.17, 15) is 4.79 Å². The third kappa shape index (κ3) is 6.76. The molecule has 7 rings (SSSR count). The Labute approximate surface area is 254 Å². The number of aryl methyl sites for hydroxylation is 1. The molecule has 1 unspecified atom stereocenters. The van der Waals surface area contributed by atoms with Crippen LogP contribution in [0.5, 0.6) is 0 Å². The first kappa shape index (κ1) is 32.2. The molecule has 1 atom stereocenters. The Balaban J connectivity index is 0.000000172. The lowest BCUT2D eigenvalue weighted by molar-refractivity contribution is -0.228. The molecule has 0 radical (unpaired) electrons. The van der Waals surface area contributed by atoms with E-state index < -0.39 is 0 Å². The first-order valence-electron chi connectivity index (χ1n) is 14.6. The quantitative estimate of drug-likeness (QED) is 0.310. The lowest BCUT2D eigenvalue weighted by Crippen LogP contribution is -2.68. The van der Waals surface area contributed by atoms with Crippen LogP contribution in [0.4, 0.5) is 11.5 Å². The highest BCUT2D eigenvalue weighted by atomic mass is 35.5. The minimum absolute atomic E-state index is 0.0690. The van der Waals surface area contributed by atoms with Gasteiger partial charge < -0.3 is 28.8 Å². The van der Waals surface area contributed by atoms with E-state index in [-0.39, 0.29) is 28.8 Å². The van der Waals surface area contributed by atoms with E-state index in [1.807, 2.05) is 43.9 Å². The number of benzene rings is 1. The van der Waals surface area contributed by atoms with E-state index in [0.29, 0.717) is 32.1 Å². The molecule has 0 bridgehead atoms. The second-order valence-corrected chi connectivity index (χ2v) is 10.5. The molecule has 0 aliphatic carbocycles. The number of fused-ring (bicyclic) bond motifs is 3. The molecule has 3 aliphatic heterocycles. The predicted molar refractivity (Wildman–Crippen MR) is 166 cm³/mol. The predicted octanol–water partition coefficient (Wildman–Crippen LogP) is 4.68. The normalized spacial score (nSPS) is 18.6. The number of furan rings is 1. The van der Waals surface area contributed by atoms with Crippen molar-refractivity contribution < 1.29 is 23.8 Å². The molecule has 3 saturated heterocycles. The van der Waals surface area contributed by atoms with Crippen molar-refractivity contribution in [1.82, 2.24) is 20.2 Å². The van der Waals surface area contributed by atoms with Crippen LogP contribution in [0.25, 0.3) is 22.1 Å². The highest BCUT2D eigenvalue weighted by Gasteiger charge is 2.50. The second-order valence-electron chi connectivity index (χ2n) is 10.1. The van der Waals surface area contributed by atoms with E-state index in [1.165, 1.54) is 12.8 Å². The van der Waals surface area contributed by atoms with Crippen LogP contribution in [0, 0.1) is 0 Å². The summed E-state index contributed by atoms with van der Waals surface area (Å²) in [6, 6.07) is 9.75. The van der Waals surface area contributed by atoms with Gasteiger partial charge in [-0.25, -0.2) is 15.1 Å². The van der Waals surface area contributed by atoms with Crippen molar-refractivity contribution >= 4 is 51.6 Å². The third-order valence-electron chi connectivity index (χ3n) is 7.68. The van der Waals surface area contributed by atoms with Gasteiger partial charge in [-0.3, -0.25) is 9.59 Å². The van der Waals surface area contributed by atoms with Gasteiger partial charge in [-0.15, -0.1) is 0 Å². The van der Waals surface area contributed by atoms with Crippen LogP contribution in [0.15, 0.2) is 39.5 Å². The Morgan fingerprint density at radius 3 is 2.51 bits per heavy atom. The minimum atomic E-state index is -0.291. The Bertz CT molecular complexity index is 1570. The van der Waals surface area contributed by atoms with Crippen LogP contribution in [0.2, 0.25) is 5.15 Å². The van der Waals surface area contributed by atoms with Gasteiger partial charge in [0, 0.05) is 37.5 Å². The van der Waals surface area contributed by atoms with Crippen LogP contribution < -0.4 is 15.4 Å². The molecule has 2 N–H and O–H groups in total.